The monoisotopic (exact) mass is 265 g/mol. The number of rotatable bonds is 3. The average molecular weight is 265 g/mol. The van der Waals surface area contributed by atoms with E-state index in [-0.39, 0.29) is 0 Å². The van der Waals surface area contributed by atoms with Gasteiger partial charge in [0.15, 0.2) is 0 Å². The topological polar surface area (TPSA) is 41.6 Å². The summed E-state index contributed by atoms with van der Waals surface area (Å²) in [6, 6.07) is 8.20. The molecule has 1 aliphatic carbocycles. The summed E-state index contributed by atoms with van der Waals surface area (Å²) in [5.74, 6) is 0.774. The van der Waals surface area contributed by atoms with Crippen molar-refractivity contribution < 1.29 is 0 Å². The molecule has 102 valence electrons. The van der Waals surface area contributed by atoms with Crippen molar-refractivity contribution in [2.24, 2.45) is 5.92 Å². The largest absolute Gasteiger partial charge is 0.272 e. The normalized spacial score (nSPS) is 15.4. The Hall–Kier alpha value is -2.08. The molecule has 0 radical (unpaired) electrons. The van der Waals surface area contributed by atoms with Crippen LogP contribution in [0.15, 0.2) is 30.6 Å². The molecule has 0 bridgehead atoms. The molecule has 1 heterocycles. The van der Waals surface area contributed by atoms with Gasteiger partial charge in [-0.1, -0.05) is 24.5 Å². The Balaban J connectivity index is 1.86. The Bertz CT molecular complexity index is 642. The van der Waals surface area contributed by atoms with Gasteiger partial charge in [0.05, 0.1) is 17.8 Å². The smallest absolute Gasteiger partial charge is 0.0998 e. The van der Waals surface area contributed by atoms with Gasteiger partial charge in [0, 0.05) is 23.9 Å². The van der Waals surface area contributed by atoms with Crippen LogP contribution in [0, 0.1) is 24.2 Å². The van der Waals surface area contributed by atoms with E-state index in [0.29, 0.717) is 0 Å². The van der Waals surface area contributed by atoms with Gasteiger partial charge in [0.1, 0.15) is 0 Å². The molecule has 0 aliphatic heterocycles. The number of hydrogen-bond donors (Lipinski definition) is 0. The van der Waals surface area contributed by atoms with E-state index in [1.807, 2.05) is 29.9 Å². The quantitative estimate of drug-likeness (QED) is 0.844. The van der Waals surface area contributed by atoms with Crippen LogP contribution in [0.2, 0.25) is 0 Å². The molecule has 2 aromatic rings. The molecule has 1 aliphatic rings. The van der Waals surface area contributed by atoms with Gasteiger partial charge < -0.3 is 0 Å². The van der Waals surface area contributed by atoms with Crippen molar-refractivity contribution in [2.45, 2.75) is 39.2 Å². The highest BCUT2D eigenvalue weighted by molar-refractivity contribution is 5.70. The van der Waals surface area contributed by atoms with Crippen LogP contribution < -0.4 is 0 Å². The molecule has 1 fully saturated rings. The highest BCUT2D eigenvalue weighted by atomic mass is 15.3. The number of benzene rings is 1. The van der Waals surface area contributed by atoms with Crippen LogP contribution in [0.5, 0.6) is 0 Å². The lowest BCUT2D eigenvalue weighted by molar-refractivity contribution is 0.429. The molecular weight excluding hydrogens is 246 g/mol. The summed E-state index contributed by atoms with van der Waals surface area (Å²) < 4.78 is 2.04. The molecule has 0 amide bonds. The highest BCUT2D eigenvalue weighted by Gasteiger charge is 2.16. The zero-order valence-electron chi connectivity index (χ0n) is 11.8. The van der Waals surface area contributed by atoms with Gasteiger partial charge in [0.2, 0.25) is 0 Å². The fraction of sp³-hybridized carbons (Fsp3) is 0.412. The number of aromatic nitrogens is 2. The van der Waals surface area contributed by atoms with Crippen LogP contribution in [0.25, 0.3) is 11.1 Å². The van der Waals surface area contributed by atoms with Gasteiger partial charge in [-0.15, -0.1) is 0 Å². The van der Waals surface area contributed by atoms with Crippen LogP contribution >= 0.6 is 0 Å². The molecular formula is C17H19N3. The Kier molecular flexibility index (Phi) is 3.56. The number of aryl methyl sites for hydroxylation is 1. The zero-order chi connectivity index (χ0) is 13.9. The van der Waals surface area contributed by atoms with Crippen LogP contribution in [0.3, 0.4) is 0 Å². The minimum atomic E-state index is 0.719. The molecule has 3 heteroatoms. The van der Waals surface area contributed by atoms with Gasteiger partial charge >= 0.3 is 0 Å². The molecule has 1 saturated carbocycles. The second-order valence-electron chi connectivity index (χ2n) is 5.76. The van der Waals surface area contributed by atoms with E-state index in [1.165, 1.54) is 31.2 Å². The van der Waals surface area contributed by atoms with E-state index in [4.69, 9.17) is 0 Å². The van der Waals surface area contributed by atoms with Crippen LogP contribution in [0.4, 0.5) is 0 Å². The Morgan fingerprint density at radius 1 is 1.35 bits per heavy atom. The Labute approximate surface area is 119 Å². The first-order valence-electron chi connectivity index (χ1n) is 7.30. The van der Waals surface area contributed by atoms with E-state index in [1.54, 1.807) is 0 Å². The molecule has 1 aromatic carbocycles. The van der Waals surface area contributed by atoms with Crippen LogP contribution in [-0.2, 0) is 6.54 Å². The van der Waals surface area contributed by atoms with Gasteiger partial charge in [-0.3, -0.25) is 4.68 Å². The summed E-state index contributed by atoms with van der Waals surface area (Å²) in [5, 5.41) is 13.7. The summed E-state index contributed by atoms with van der Waals surface area (Å²) in [4.78, 5) is 0. The molecule has 0 atom stereocenters. The Morgan fingerprint density at radius 3 is 2.90 bits per heavy atom. The van der Waals surface area contributed by atoms with Gasteiger partial charge in [-0.25, -0.2) is 0 Å². The first-order chi connectivity index (χ1) is 9.76. The van der Waals surface area contributed by atoms with Crippen molar-refractivity contribution in [1.82, 2.24) is 9.78 Å². The van der Waals surface area contributed by atoms with E-state index in [9.17, 15) is 5.26 Å². The third kappa shape index (κ3) is 2.60. The van der Waals surface area contributed by atoms with Crippen molar-refractivity contribution in [3.05, 3.63) is 41.7 Å². The van der Waals surface area contributed by atoms with Crippen LogP contribution in [0.1, 0.15) is 36.8 Å². The molecule has 3 nitrogen and oxygen atoms in total. The fourth-order valence-corrected chi connectivity index (χ4v) is 3.05. The zero-order valence-corrected chi connectivity index (χ0v) is 11.8. The summed E-state index contributed by atoms with van der Waals surface area (Å²) in [6.45, 7) is 3.06. The van der Waals surface area contributed by atoms with E-state index in [0.717, 1.165) is 29.2 Å². The molecule has 0 spiro atoms. The molecule has 3 rings (SSSR count). The molecule has 0 unspecified atom stereocenters. The predicted molar refractivity (Wildman–Crippen MR) is 79.1 cm³/mol. The van der Waals surface area contributed by atoms with Gasteiger partial charge in [-0.2, -0.15) is 10.4 Å². The summed E-state index contributed by atoms with van der Waals surface area (Å²) >= 11 is 0. The standard InChI is InChI=1S/C17H19N3/c1-13-6-7-15(9-18)17(8-13)16-10-19-20(12-16)11-14-4-2-3-5-14/h6-8,10,12,14H,2-5,11H2,1H3. The lowest BCUT2D eigenvalue weighted by Gasteiger charge is -2.08. The second kappa shape index (κ2) is 5.50. The van der Waals surface area contributed by atoms with Gasteiger partial charge in [-0.05, 0) is 37.8 Å². The van der Waals surface area contributed by atoms with Crippen molar-refractivity contribution in [3.63, 3.8) is 0 Å². The molecule has 0 saturated heterocycles. The average Bonchev–Trinajstić information content (AvgIpc) is 3.11. The first-order valence-corrected chi connectivity index (χ1v) is 7.30. The van der Waals surface area contributed by atoms with E-state index in [2.05, 4.69) is 23.4 Å². The fourth-order valence-electron chi connectivity index (χ4n) is 3.05. The van der Waals surface area contributed by atoms with Crippen molar-refractivity contribution in [2.75, 3.05) is 0 Å². The lowest BCUT2D eigenvalue weighted by atomic mass is 10.0. The van der Waals surface area contributed by atoms with E-state index < -0.39 is 0 Å². The molecule has 0 N–H and O–H groups in total. The number of nitrogens with zero attached hydrogens (tertiary/aromatic N) is 3. The minimum absolute atomic E-state index is 0.719. The summed E-state index contributed by atoms with van der Waals surface area (Å²) in [6.07, 6.45) is 9.31. The third-order valence-electron chi connectivity index (χ3n) is 4.16. The maximum atomic E-state index is 9.23. The van der Waals surface area contributed by atoms with E-state index >= 15 is 0 Å². The van der Waals surface area contributed by atoms with Crippen molar-refractivity contribution in [3.8, 4) is 17.2 Å². The summed E-state index contributed by atoms with van der Waals surface area (Å²) in [5.41, 5.74) is 3.92. The third-order valence-corrected chi connectivity index (χ3v) is 4.16. The maximum absolute atomic E-state index is 9.23. The number of hydrogen-bond acceptors (Lipinski definition) is 2. The van der Waals surface area contributed by atoms with Crippen molar-refractivity contribution >= 4 is 0 Å². The lowest BCUT2D eigenvalue weighted by Crippen LogP contribution is -2.07. The highest BCUT2D eigenvalue weighted by Crippen LogP contribution is 2.28. The first kappa shape index (κ1) is 12.9. The minimum Gasteiger partial charge on any atom is -0.272 e. The summed E-state index contributed by atoms with van der Waals surface area (Å²) in [7, 11) is 0. The number of nitriles is 1. The van der Waals surface area contributed by atoms with Crippen molar-refractivity contribution in [1.29, 1.82) is 5.26 Å². The van der Waals surface area contributed by atoms with Crippen LogP contribution in [-0.4, -0.2) is 9.78 Å². The molecule has 20 heavy (non-hydrogen) atoms. The predicted octanol–water partition coefficient (Wildman–Crippen LogP) is 3.92. The second-order valence-corrected chi connectivity index (χ2v) is 5.76. The Morgan fingerprint density at radius 2 is 2.15 bits per heavy atom. The molecule has 1 aromatic heterocycles. The maximum Gasteiger partial charge on any atom is 0.0998 e. The SMILES string of the molecule is Cc1ccc(C#N)c(-c2cnn(CC3CCCC3)c2)c1. The van der Waals surface area contributed by atoms with Gasteiger partial charge in [0.25, 0.3) is 0 Å².